The Bertz CT molecular complexity index is 528. The summed E-state index contributed by atoms with van der Waals surface area (Å²) in [5.74, 6) is 7.48. The Morgan fingerprint density at radius 3 is 2.84 bits per heavy atom. The maximum absolute atomic E-state index is 12.4. The summed E-state index contributed by atoms with van der Waals surface area (Å²) in [5.41, 5.74) is 6.13. The van der Waals surface area contributed by atoms with Crippen molar-refractivity contribution in [3.63, 3.8) is 0 Å². The third kappa shape index (κ3) is 2.54. The Labute approximate surface area is 117 Å². The molecule has 1 saturated carbocycles. The quantitative estimate of drug-likeness (QED) is 0.795. The first-order valence-corrected chi connectivity index (χ1v) is 7.72. The lowest BCUT2D eigenvalue weighted by atomic mass is 10.0. The van der Waals surface area contributed by atoms with E-state index in [1.54, 1.807) is 0 Å². The number of carbonyl (C=O) groups excluding carboxylic acids is 1. The van der Waals surface area contributed by atoms with E-state index in [1.165, 1.54) is 30.6 Å². The molecule has 0 aromatic carbocycles. The molecule has 100 valence electrons. The van der Waals surface area contributed by atoms with Crippen molar-refractivity contribution in [2.24, 2.45) is 17.6 Å². The van der Waals surface area contributed by atoms with Crippen LogP contribution in [0.25, 0.3) is 0 Å². The number of fused-ring (bicyclic) bond motifs is 1. The van der Waals surface area contributed by atoms with Gasteiger partial charge in [0.2, 0.25) is 0 Å². The molecule has 1 aliphatic carbocycles. The van der Waals surface area contributed by atoms with Crippen LogP contribution in [0.2, 0.25) is 0 Å². The Balaban J connectivity index is 1.69. The fourth-order valence-electron chi connectivity index (χ4n) is 3.24. The van der Waals surface area contributed by atoms with Gasteiger partial charge in [0.25, 0.3) is 5.91 Å². The van der Waals surface area contributed by atoms with Gasteiger partial charge >= 0.3 is 0 Å². The number of nitrogens with zero attached hydrogens (tertiary/aromatic N) is 1. The van der Waals surface area contributed by atoms with E-state index in [0.29, 0.717) is 6.54 Å². The number of hydrogen-bond donors (Lipinski definition) is 1. The predicted molar refractivity (Wildman–Crippen MR) is 77.0 cm³/mol. The number of likely N-dealkylation sites (tertiary alicyclic amines) is 1. The van der Waals surface area contributed by atoms with Crippen LogP contribution in [0, 0.1) is 23.7 Å². The van der Waals surface area contributed by atoms with E-state index in [4.69, 9.17) is 5.73 Å². The van der Waals surface area contributed by atoms with Crippen LogP contribution in [0.4, 0.5) is 0 Å². The highest BCUT2D eigenvalue weighted by Gasteiger charge is 2.38. The molecule has 2 atom stereocenters. The minimum absolute atomic E-state index is 0.173. The van der Waals surface area contributed by atoms with Crippen molar-refractivity contribution in [1.82, 2.24) is 4.90 Å². The molecule has 1 aromatic rings. The maximum Gasteiger partial charge on any atom is 0.254 e. The first-order chi connectivity index (χ1) is 9.28. The van der Waals surface area contributed by atoms with E-state index >= 15 is 0 Å². The first-order valence-electron chi connectivity index (χ1n) is 6.84. The summed E-state index contributed by atoms with van der Waals surface area (Å²) in [6.45, 7) is 2.25. The molecule has 2 unspecified atom stereocenters. The van der Waals surface area contributed by atoms with Gasteiger partial charge in [-0.25, -0.2) is 0 Å². The summed E-state index contributed by atoms with van der Waals surface area (Å²) < 4.78 is 0. The van der Waals surface area contributed by atoms with Crippen molar-refractivity contribution < 1.29 is 4.79 Å². The molecule has 3 nitrogen and oxygen atoms in total. The Hall–Kier alpha value is -1.31. The monoisotopic (exact) mass is 274 g/mol. The molecule has 2 N–H and O–H groups in total. The molecule has 19 heavy (non-hydrogen) atoms. The number of carbonyl (C=O) groups is 1. The second-order valence-corrected chi connectivity index (χ2v) is 6.28. The zero-order valence-corrected chi connectivity index (χ0v) is 11.7. The van der Waals surface area contributed by atoms with Crippen LogP contribution >= 0.6 is 11.3 Å². The Morgan fingerprint density at radius 2 is 2.16 bits per heavy atom. The van der Waals surface area contributed by atoms with Gasteiger partial charge in [0, 0.05) is 18.5 Å². The second-order valence-electron chi connectivity index (χ2n) is 5.37. The first kappa shape index (κ1) is 12.7. The molecule has 0 radical (unpaired) electrons. The lowest BCUT2D eigenvalue weighted by molar-refractivity contribution is 0.0781. The zero-order valence-electron chi connectivity index (χ0n) is 10.9. The lowest BCUT2D eigenvalue weighted by Crippen LogP contribution is -2.29. The van der Waals surface area contributed by atoms with Gasteiger partial charge < -0.3 is 10.6 Å². The van der Waals surface area contributed by atoms with Crippen molar-refractivity contribution in [3.8, 4) is 11.8 Å². The zero-order chi connectivity index (χ0) is 13.2. The highest BCUT2D eigenvalue weighted by atomic mass is 32.1. The van der Waals surface area contributed by atoms with Gasteiger partial charge in [0.05, 0.1) is 17.0 Å². The van der Waals surface area contributed by atoms with Crippen LogP contribution in [0.5, 0.6) is 0 Å². The van der Waals surface area contributed by atoms with Gasteiger partial charge in [-0.1, -0.05) is 18.3 Å². The fraction of sp³-hybridized carbons (Fsp3) is 0.533. The average Bonchev–Trinajstić information content (AvgIpc) is 3.10. The number of rotatable bonds is 1. The molecule has 0 spiro atoms. The van der Waals surface area contributed by atoms with Crippen LogP contribution < -0.4 is 5.73 Å². The maximum atomic E-state index is 12.4. The molecule has 3 rings (SSSR count). The number of thiophene rings is 1. The average molecular weight is 274 g/mol. The molecular weight excluding hydrogens is 256 g/mol. The van der Waals surface area contributed by atoms with E-state index in [-0.39, 0.29) is 5.91 Å². The van der Waals surface area contributed by atoms with E-state index in [2.05, 4.69) is 11.8 Å². The SMILES string of the molecule is NCC#Cc1cc(C(=O)N2CC3CCCC3C2)cs1. The molecule has 2 heterocycles. The summed E-state index contributed by atoms with van der Waals surface area (Å²) in [6, 6.07) is 1.89. The summed E-state index contributed by atoms with van der Waals surface area (Å²) in [7, 11) is 0. The molecule has 1 aliphatic heterocycles. The van der Waals surface area contributed by atoms with Gasteiger partial charge in [0.15, 0.2) is 0 Å². The summed E-state index contributed by atoms with van der Waals surface area (Å²) in [5, 5.41) is 1.91. The Morgan fingerprint density at radius 1 is 1.42 bits per heavy atom. The highest BCUT2D eigenvalue weighted by Crippen LogP contribution is 2.38. The van der Waals surface area contributed by atoms with Crippen LogP contribution in [0.15, 0.2) is 11.4 Å². The standard InChI is InChI=1S/C15H18N2OS/c16-6-2-5-14-7-13(10-19-14)15(18)17-8-11-3-1-4-12(11)9-17/h7,10-12H,1,3-4,6,8-9,16H2. The number of amides is 1. The highest BCUT2D eigenvalue weighted by molar-refractivity contribution is 7.10. The molecule has 1 saturated heterocycles. The van der Waals surface area contributed by atoms with Gasteiger partial charge in [-0.3, -0.25) is 4.79 Å². The molecular formula is C15H18N2OS. The smallest absolute Gasteiger partial charge is 0.254 e. The molecule has 2 aliphatic rings. The van der Waals surface area contributed by atoms with Gasteiger partial charge in [-0.05, 0) is 30.7 Å². The summed E-state index contributed by atoms with van der Waals surface area (Å²) >= 11 is 1.52. The lowest BCUT2D eigenvalue weighted by Gasteiger charge is -2.16. The number of hydrogen-bond acceptors (Lipinski definition) is 3. The topological polar surface area (TPSA) is 46.3 Å². The van der Waals surface area contributed by atoms with Crippen molar-refractivity contribution in [2.75, 3.05) is 19.6 Å². The second kappa shape index (κ2) is 5.36. The number of nitrogens with two attached hydrogens (primary N) is 1. The van der Waals surface area contributed by atoms with E-state index in [1.807, 2.05) is 16.3 Å². The molecule has 1 aromatic heterocycles. The van der Waals surface area contributed by atoms with Gasteiger partial charge in [-0.2, -0.15) is 0 Å². The van der Waals surface area contributed by atoms with Crippen LogP contribution in [-0.4, -0.2) is 30.4 Å². The summed E-state index contributed by atoms with van der Waals surface area (Å²) in [4.78, 5) is 15.4. The van der Waals surface area contributed by atoms with Crippen LogP contribution in [0.1, 0.15) is 34.5 Å². The third-order valence-corrected chi connectivity index (χ3v) is 5.02. The molecule has 1 amide bonds. The Kier molecular flexibility index (Phi) is 3.58. The molecule has 2 fully saturated rings. The van der Waals surface area contributed by atoms with Crippen molar-refractivity contribution in [3.05, 3.63) is 21.9 Å². The van der Waals surface area contributed by atoms with Crippen molar-refractivity contribution in [2.45, 2.75) is 19.3 Å². The van der Waals surface area contributed by atoms with Crippen molar-refractivity contribution in [1.29, 1.82) is 0 Å². The van der Waals surface area contributed by atoms with Gasteiger partial charge in [0.1, 0.15) is 0 Å². The van der Waals surface area contributed by atoms with E-state index in [9.17, 15) is 4.79 Å². The van der Waals surface area contributed by atoms with E-state index < -0.39 is 0 Å². The molecule has 0 bridgehead atoms. The van der Waals surface area contributed by atoms with Crippen molar-refractivity contribution >= 4 is 17.2 Å². The minimum Gasteiger partial charge on any atom is -0.338 e. The predicted octanol–water partition coefficient (Wildman–Crippen LogP) is 1.93. The van der Waals surface area contributed by atoms with E-state index in [0.717, 1.165) is 35.4 Å². The van der Waals surface area contributed by atoms with Gasteiger partial charge in [-0.15, -0.1) is 11.3 Å². The largest absolute Gasteiger partial charge is 0.338 e. The minimum atomic E-state index is 0.173. The normalized spacial score (nSPS) is 25.0. The third-order valence-electron chi connectivity index (χ3n) is 4.17. The fourth-order valence-corrected chi connectivity index (χ4v) is 3.98. The van der Waals surface area contributed by atoms with Crippen LogP contribution in [0.3, 0.4) is 0 Å². The molecule has 4 heteroatoms. The van der Waals surface area contributed by atoms with Crippen LogP contribution in [-0.2, 0) is 0 Å². The summed E-state index contributed by atoms with van der Waals surface area (Å²) in [6.07, 6.45) is 3.94.